The summed E-state index contributed by atoms with van der Waals surface area (Å²) in [5, 5.41) is 6.79. The Morgan fingerprint density at radius 3 is 2.39 bits per heavy atom. The fraction of sp³-hybridized carbons (Fsp3) is 0.273. The first-order valence-corrected chi connectivity index (χ1v) is 9.71. The van der Waals surface area contributed by atoms with E-state index >= 15 is 0 Å². The predicted octanol–water partition coefficient (Wildman–Crippen LogP) is 3.97. The Hall–Kier alpha value is -2.86. The second-order valence-corrected chi connectivity index (χ2v) is 7.05. The van der Waals surface area contributed by atoms with Crippen LogP contribution in [0.2, 0.25) is 0 Å². The lowest BCUT2D eigenvalue weighted by atomic mass is 9.93. The molecule has 2 aromatic carbocycles. The normalized spacial score (nSPS) is 16.4. The van der Waals surface area contributed by atoms with Crippen LogP contribution >= 0.6 is 12.2 Å². The number of carbonyl (C=O) groups excluding carboxylic acids is 1. The summed E-state index contributed by atoms with van der Waals surface area (Å²) in [6.45, 7) is 6.05. The van der Waals surface area contributed by atoms with Crippen LogP contribution < -0.4 is 15.4 Å². The van der Waals surface area contributed by atoms with Gasteiger partial charge in [-0.25, -0.2) is 4.79 Å². The number of ether oxygens (including phenoxy) is 2. The van der Waals surface area contributed by atoms with Crippen molar-refractivity contribution in [3.05, 3.63) is 71.3 Å². The van der Waals surface area contributed by atoms with Crippen LogP contribution in [0.3, 0.4) is 0 Å². The van der Waals surface area contributed by atoms with E-state index in [4.69, 9.17) is 21.7 Å². The fourth-order valence-corrected chi connectivity index (χ4v) is 3.31. The first-order chi connectivity index (χ1) is 13.5. The number of carbonyl (C=O) groups is 1. The molecule has 2 N–H and O–H groups in total. The lowest BCUT2D eigenvalue weighted by Crippen LogP contribution is -2.45. The number of benzene rings is 2. The zero-order valence-electron chi connectivity index (χ0n) is 16.2. The first kappa shape index (κ1) is 19.9. The molecule has 0 unspecified atom stereocenters. The molecule has 0 amide bonds. The second kappa shape index (κ2) is 8.89. The molecule has 0 aliphatic carbocycles. The quantitative estimate of drug-likeness (QED) is 0.569. The van der Waals surface area contributed by atoms with E-state index in [2.05, 4.69) is 10.6 Å². The van der Waals surface area contributed by atoms with Gasteiger partial charge in [-0.3, -0.25) is 0 Å². The van der Waals surface area contributed by atoms with Crippen LogP contribution in [0.4, 0.5) is 0 Å². The smallest absolute Gasteiger partial charge is 0.338 e. The third-order valence-electron chi connectivity index (χ3n) is 4.22. The van der Waals surface area contributed by atoms with Crippen molar-refractivity contribution in [2.45, 2.75) is 32.9 Å². The minimum Gasteiger partial charge on any atom is -0.491 e. The molecule has 0 spiro atoms. The average molecular weight is 397 g/mol. The summed E-state index contributed by atoms with van der Waals surface area (Å²) in [6, 6.07) is 16.9. The van der Waals surface area contributed by atoms with Crippen molar-refractivity contribution in [3.63, 3.8) is 0 Å². The van der Waals surface area contributed by atoms with Crippen molar-refractivity contribution in [3.8, 4) is 5.75 Å². The van der Waals surface area contributed by atoms with Gasteiger partial charge in [0.1, 0.15) is 5.75 Å². The van der Waals surface area contributed by atoms with E-state index in [9.17, 15) is 4.79 Å². The molecule has 0 aromatic heterocycles. The molecule has 5 nitrogen and oxygen atoms in total. The topological polar surface area (TPSA) is 59.6 Å². The number of nitrogens with one attached hydrogen (secondary N) is 2. The summed E-state index contributed by atoms with van der Waals surface area (Å²) >= 11 is 5.41. The van der Waals surface area contributed by atoms with Gasteiger partial charge in [0.15, 0.2) is 5.11 Å². The Morgan fingerprint density at radius 2 is 1.79 bits per heavy atom. The van der Waals surface area contributed by atoms with E-state index in [0.29, 0.717) is 23.0 Å². The fourth-order valence-electron chi connectivity index (χ4n) is 3.09. The molecule has 1 aliphatic heterocycles. The van der Waals surface area contributed by atoms with Crippen molar-refractivity contribution in [2.24, 2.45) is 0 Å². The van der Waals surface area contributed by atoms with Crippen LogP contribution in [0.15, 0.2) is 60.2 Å². The number of rotatable bonds is 6. The van der Waals surface area contributed by atoms with E-state index in [1.807, 2.05) is 68.4 Å². The van der Waals surface area contributed by atoms with E-state index < -0.39 is 6.04 Å². The lowest BCUT2D eigenvalue weighted by molar-refractivity contribution is -0.138. The standard InChI is InChI=1S/C22H24N2O3S/c1-4-26-21(25)18-19(15-8-6-5-7-9-15)23-22(28)24-20(18)16-10-12-17(13-11-16)27-14(2)3/h5-14,20H,4H2,1-3H3,(H2,23,24,28)/t20-/m0/s1. The second-order valence-electron chi connectivity index (χ2n) is 6.64. The predicted molar refractivity (Wildman–Crippen MR) is 114 cm³/mol. The van der Waals surface area contributed by atoms with E-state index in [-0.39, 0.29) is 12.1 Å². The first-order valence-electron chi connectivity index (χ1n) is 9.30. The summed E-state index contributed by atoms with van der Waals surface area (Å²) in [6.07, 6.45) is 0.0927. The molecule has 0 radical (unpaired) electrons. The Balaban J connectivity index is 2.06. The van der Waals surface area contributed by atoms with Gasteiger partial charge in [-0.2, -0.15) is 0 Å². The zero-order chi connectivity index (χ0) is 20.1. The Bertz CT molecular complexity index is 876. The molecule has 6 heteroatoms. The lowest BCUT2D eigenvalue weighted by Gasteiger charge is -2.31. The van der Waals surface area contributed by atoms with Crippen molar-refractivity contribution < 1.29 is 14.3 Å². The van der Waals surface area contributed by atoms with Crippen LogP contribution in [0.25, 0.3) is 5.70 Å². The molecule has 1 aliphatic rings. The van der Waals surface area contributed by atoms with Crippen molar-refractivity contribution >= 4 is 29.0 Å². The molecule has 0 fully saturated rings. The molecule has 0 saturated carbocycles. The molecule has 0 bridgehead atoms. The van der Waals surface area contributed by atoms with Gasteiger partial charge in [0.2, 0.25) is 0 Å². The van der Waals surface area contributed by atoms with Crippen molar-refractivity contribution in [1.29, 1.82) is 0 Å². The molecule has 28 heavy (non-hydrogen) atoms. The Kier molecular flexibility index (Phi) is 6.31. The van der Waals surface area contributed by atoms with Gasteiger partial charge < -0.3 is 20.1 Å². The molecule has 0 saturated heterocycles. The van der Waals surface area contributed by atoms with Crippen LogP contribution in [-0.4, -0.2) is 23.8 Å². The van der Waals surface area contributed by atoms with Crippen LogP contribution in [0.5, 0.6) is 5.75 Å². The third kappa shape index (κ3) is 4.51. The van der Waals surface area contributed by atoms with Crippen molar-refractivity contribution in [1.82, 2.24) is 10.6 Å². The third-order valence-corrected chi connectivity index (χ3v) is 4.43. The minimum atomic E-state index is -0.420. The molecular weight excluding hydrogens is 372 g/mol. The molecular formula is C22H24N2O3S. The average Bonchev–Trinajstić information content (AvgIpc) is 2.68. The SMILES string of the molecule is CCOC(=O)C1=C(c2ccccc2)NC(=S)N[C@H]1c1ccc(OC(C)C)cc1. The number of hydrogen-bond donors (Lipinski definition) is 2. The van der Waals surface area contributed by atoms with Gasteiger partial charge in [-0.1, -0.05) is 42.5 Å². The van der Waals surface area contributed by atoms with E-state index in [0.717, 1.165) is 16.9 Å². The highest BCUT2D eigenvalue weighted by Crippen LogP contribution is 2.32. The summed E-state index contributed by atoms with van der Waals surface area (Å²) in [4.78, 5) is 12.9. The highest BCUT2D eigenvalue weighted by Gasteiger charge is 2.33. The van der Waals surface area contributed by atoms with Gasteiger partial charge >= 0.3 is 5.97 Å². The van der Waals surface area contributed by atoms with E-state index in [1.165, 1.54) is 0 Å². The molecule has 1 heterocycles. The highest BCUT2D eigenvalue weighted by molar-refractivity contribution is 7.80. The highest BCUT2D eigenvalue weighted by atomic mass is 32.1. The summed E-state index contributed by atoms with van der Waals surface area (Å²) in [5.41, 5.74) is 2.94. The van der Waals surface area contributed by atoms with Crippen LogP contribution in [0, 0.1) is 0 Å². The van der Waals surface area contributed by atoms with E-state index in [1.54, 1.807) is 6.92 Å². The Labute approximate surface area is 170 Å². The van der Waals surface area contributed by atoms with Gasteiger partial charge in [0, 0.05) is 0 Å². The number of esters is 1. The summed E-state index contributed by atoms with van der Waals surface area (Å²) in [5.74, 6) is 0.400. The summed E-state index contributed by atoms with van der Waals surface area (Å²) in [7, 11) is 0. The number of thiocarbonyl (C=S) groups is 1. The molecule has 3 rings (SSSR count). The number of hydrogen-bond acceptors (Lipinski definition) is 4. The van der Waals surface area contributed by atoms with Crippen LogP contribution in [-0.2, 0) is 9.53 Å². The minimum absolute atomic E-state index is 0.0927. The largest absolute Gasteiger partial charge is 0.491 e. The maximum atomic E-state index is 12.9. The Morgan fingerprint density at radius 1 is 1.11 bits per heavy atom. The molecule has 1 atom stereocenters. The molecule has 2 aromatic rings. The maximum absolute atomic E-state index is 12.9. The van der Waals surface area contributed by atoms with Gasteiger partial charge in [0.25, 0.3) is 0 Å². The van der Waals surface area contributed by atoms with Gasteiger partial charge in [-0.15, -0.1) is 0 Å². The van der Waals surface area contributed by atoms with Crippen LogP contribution in [0.1, 0.15) is 37.9 Å². The molecule has 146 valence electrons. The summed E-state index contributed by atoms with van der Waals surface area (Å²) < 4.78 is 11.1. The van der Waals surface area contributed by atoms with Crippen molar-refractivity contribution in [2.75, 3.05) is 6.61 Å². The monoisotopic (exact) mass is 396 g/mol. The zero-order valence-corrected chi connectivity index (χ0v) is 17.0. The van der Waals surface area contributed by atoms with Gasteiger partial charge in [-0.05, 0) is 56.2 Å². The maximum Gasteiger partial charge on any atom is 0.338 e. The van der Waals surface area contributed by atoms with Gasteiger partial charge in [0.05, 0.1) is 30.0 Å².